The van der Waals surface area contributed by atoms with Crippen LogP contribution in [0.15, 0.2) is 83.8 Å². The van der Waals surface area contributed by atoms with E-state index < -0.39 is 21.7 Å². The molecule has 1 aromatic heterocycles. The van der Waals surface area contributed by atoms with Crippen molar-refractivity contribution in [1.82, 2.24) is 14.8 Å². The third kappa shape index (κ3) is 5.60. The predicted octanol–water partition coefficient (Wildman–Crippen LogP) is 4.27. The van der Waals surface area contributed by atoms with Gasteiger partial charge in [0.1, 0.15) is 16.5 Å². The van der Waals surface area contributed by atoms with E-state index in [-0.39, 0.29) is 34.2 Å². The van der Waals surface area contributed by atoms with E-state index in [0.717, 1.165) is 6.07 Å². The van der Waals surface area contributed by atoms with Gasteiger partial charge in [-0.05, 0) is 54.1 Å². The molecule has 3 aromatic carbocycles. The van der Waals surface area contributed by atoms with Gasteiger partial charge in [-0.25, -0.2) is 17.2 Å². The van der Waals surface area contributed by atoms with Crippen LogP contribution in [-0.2, 0) is 16.6 Å². The number of piperazine rings is 1. The SMILES string of the molecule is [2H]c1cc2cccc(S(=O)(=O)Nc3ccc(C(=O)N4CCN(Cc5cc(F)cc(F)c5)CC4)cc3)c2nc1[2H]. The van der Waals surface area contributed by atoms with Gasteiger partial charge in [0, 0.05) is 61.6 Å². The van der Waals surface area contributed by atoms with Crippen LogP contribution in [-0.4, -0.2) is 55.3 Å². The van der Waals surface area contributed by atoms with Crippen molar-refractivity contribution >= 4 is 32.5 Å². The average molecular weight is 525 g/mol. The molecule has 1 aliphatic rings. The first kappa shape index (κ1) is 22.3. The number of sulfonamides is 1. The van der Waals surface area contributed by atoms with Crippen LogP contribution in [0.2, 0.25) is 0 Å². The Balaban J connectivity index is 1.23. The molecule has 0 spiro atoms. The topological polar surface area (TPSA) is 82.6 Å². The number of amides is 1. The summed E-state index contributed by atoms with van der Waals surface area (Å²) in [5, 5.41) is 0.433. The molecule has 7 nitrogen and oxygen atoms in total. The summed E-state index contributed by atoms with van der Waals surface area (Å²) in [6, 6.07) is 15.3. The highest BCUT2D eigenvalue weighted by Crippen LogP contribution is 2.24. The van der Waals surface area contributed by atoms with Crippen LogP contribution < -0.4 is 4.72 Å². The average Bonchev–Trinajstić information content (AvgIpc) is 2.89. The first-order valence-electron chi connectivity index (χ1n) is 12.6. The van der Waals surface area contributed by atoms with Crippen LogP contribution >= 0.6 is 0 Å². The Labute approximate surface area is 216 Å². The van der Waals surface area contributed by atoms with E-state index in [2.05, 4.69) is 9.71 Å². The number of hydrogen-bond donors (Lipinski definition) is 1. The number of benzene rings is 3. The van der Waals surface area contributed by atoms with Crippen molar-refractivity contribution in [2.75, 3.05) is 30.9 Å². The number of nitrogens with one attached hydrogen (secondary N) is 1. The molecule has 37 heavy (non-hydrogen) atoms. The molecule has 2 heterocycles. The zero-order chi connectivity index (χ0) is 27.7. The van der Waals surface area contributed by atoms with Crippen LogP contribution in [0.5, 0.6) is 0 Å². The van der Waals surface area contributed by atoms with Gasteiger partial charge in [0.15, 0.2) is 0 Å². The minimum atomic E-state index is -4.07. The fraction of sp³-hybridized carbons (Fsp3) is 0.185. The lowest BCUT2D eigenvalue weighted by molar-refractivity contribution is 0.0628. The van der Waals surface area contributed by atoms with E-state index in [1.165, 1.54) is 48.5 Å². The van der Waals surface area contributed by atoms with Crippen molar-refractivity contribution < 1.29 is 24.7 Å². The summed E-state index contributed by atoms with van der Waals surface area (Å²) >= 11 is 0. The Bertz CT molecular complexity index is 1640. The zero-order valence-electron chi connectivity index (χ0n) is 21.6. The number of hydrogen-bond acceptors (Lipinski definition) is 5. The molecule has 1 N–H and O–H groups in total. The molecule has 0 radical (unpaired) electrons. The highest BCUT2D eigenvalue weighted by atomic mass is 32.2. The number of aromatic nitrogens is 1. The summed E-state index contributed by atoms with van der Waals surface area (Å²) in [7, 11) is -4.07. The quantitative estimate of drug-likeness (QED) is 0.407. The van der Waals surface area contributed by atoms with Gasteiger partial charge < -0.3 is 4.90 Å². The molecule has 0 atom stereocenters. The van der Waals surface area contributed by atoms with Gasteiger partial charge in [0.05, 0.1) is 8.26 Å². The molecular weight excluding hydrogens is 498 g/mol. The van der Waals surface area contributed by atoms with E-state index in [0.29, 0.717) is 49.2 Å². The lowest BCUT2D eigenvalue weighted by Crippen LogP contribution is -2.48. The van der Waals surface area contributed by atoms with Gasteiger partial charge in [0.25, 0.3) is 15.9 Å². The van der Waals surface area contributed by atoms with E-state index in [1.54, 1.807) is 17.0 Å². The third-order valence-electron chi connectivity index (χ3n) is 6.15. The van der Waals surface area contributed by atoms with Gasteiger partial charge in [-0.15, -0.1) is 0 Å². The number of fused-ring (bicyclic) bond motifs is 1. The van der Waals surface area contributed by atoms with E-state index in [9.17, 15) is 22.0 Å². The van der Waals surface area contributed by atoms with Gasteiger partial charge in [-0.2, -0.15) is 0 Å². The van der Waals surface area contributed by atoms with Crippen LogP contribution in [0, 0.1) is 11.6 Å². The first-order chi connectivity index (χ1) is 18.6. The van der Waals surface area contributed by atoms with E-state index >= 15 is 0 Å². The largest absolute Gasteiger partial charge is 0.336 e. The van der Waals surface area contributed by atoms with Gasteiger partial charge in [-0.1, -0.05) is 18.2 Å². The molecule has 0 bridgehead atoms. The van der Waals surface area contributed by atoms with Crippen molar-refractivity contribution in [3.63, 3.8) is 0 Å². The highest BCUT2D eigenvalue weighted by molar-refractivity contribution is 7.93. The molecule has 1 saturated heterocycles. The number of halogens is 2. The molecule has 4 aromatic rings. The first-order valence-corrected chi connectivity index (χ1v) is 13.0. The zero-order valence-corrected chi connectivity index (χ0v) is 20.4. The van der Waals surface area contributed by atoms with E-state index in [4.69, 9.17) is 2.74 Å². The van der Waals surface area contributed by atoms with Crippen molar-refractivity contribution in [1.29, 1.82) is 0 Å². The van der Waals surface area contributed by atoms with Crippen LogP contribution in [0.25, 0.3) is 10.9 Å². The molecule has 10 heteroatoms. The normalized spacial score (nSPS) is 15.4. The van der Waals surface area contributed by atoms with Crippen molar-refractivity contribution in [2.24, 2.45) is 0 Å². The van der Waals surface area contributed by atoms with E-state index in [1.807, 2.05) is 4.90 Å². The molecule has 1 fully saturated rings. The Morgan fingerprint density at radius 1 is 0.973 bits per heavy atom. The number of anilines is 1. The summed E-state index contributed by atoms with van der Waals surface area (Å²) < 4.78 is 71.1. The lowest BCUT2D eigenvalue weighted by Gasteiger charge is -2.34. The highest BCUT2D eigenvalue weighted by Gasteiger charge is 2.23. The Morgan fingerprint density at radius 2 is 1.68 bits per heavy atom. The second-order valence-electron chi connectivity index (χ2n) is 8.74. The second kappa shape index (κ2) is 10.2. The molecule has 0 aliphatic carbocycles. The minimum Gasteiger partial charge on any atom is -0.336 e. The van der Waals surface area contributed by atoms with Crippen molar-refractivity contribution in [2.45, 2.75) is 11.4 Å². The maximum absolute atomic E-state index is 13.5. The number of carbonyl (C=O) groups is 1. The fourth-order valence-electron chi connectivity index (χ4n) is 4.33. The van der Waals surface area contributed by atoms with Crippen molar-refractivity contribution in [3.8, 4) is 0 Å². The predicted molar refractivity (Wildman–Crippen MR) is 137 cm³/mol. The molecule has 0 unspecified atom stereocenters. The fourth-order valence-corrected chi connectivity index (χ4v) is 5.57. The standard InChI is InChI=1S/C27H24F2N4O3S/c28-22-15-19(16-23(29)17-22)18-32-11-13-33(14-12-32)27(34)21-6-8-24(9-7-21)31-37(35,36)25-5-1-3-20-4-2-10-30-26(20)25/h1-10,15-17,31H,11-14,18H2/i2D,10D. The third-order valence-corrected chi connectivity index (χ3v) is 7.56. The maximum Gasteiger partial charge on any atom is 0.264 e. The summed E-state index contributed by atoms with van der Waals surface area (Å²) in [4.78, 5) is 20.6. The number of nitrogens with zero attached hydrogens (tertiary/aromatic N) is 3. The second-order valence-corrected chi connectivity index (χ2v) is 10.4. The van der Waals surface area contributed by atoms with Crippen LogP contribution in [0.4, 0.5) is 14.5 Å². The summed E-state index contributed by atoms with van der Waals surface area (Å²) in [5.74, 6) is -1.44. The Kier molecular flexibility index (Phi) is 6.17. The minimum absolute atomic E-state index is 0.0967. The van der Waals surface area contributed by atoms with Crippen LogP contribution in [0.3, 0.4) is 0 Å². The molecule has 1 amide bonds. The van der Waals surface area contributed by atoms with Crippen LogP contribution in [0.1, 0.15) is 18.7 Å². The number of para-hydroxylation sites is 1. The van der Waals surface area contributed by atoms with Gasteiger partial charge >= 0.3 is 0 Å². The van der Waals surface area contributed by atoms with Crippen molar-refractivity contribution in [3.05, 3.63) is 102 Å². The summed E-state index contributed by atoms with van der Waals surface area (Å²) in [6.07, 6.45) is -0.322. The Hall–Kier alpha value is -3.89. The molecule has 1 aliphatic heterocycles. The lowest BCUT2D eigenvalue weighted by atomic mass is 10.1. The smallest absolute Gasteiger partial charge is 0.264 e. The maximum atomic E-state index is 13.5. The van der Waals surface area contributed by atoms with Gasteiger partial charge in [-0.3, -0.25) is 19.4 Å². The molecule has 5 rings (SSSR count). The summed E-state index contributed by atoms with van der Waals surface area (Å²) in [6.45, 7) is 2.35. The number of pyridine rings is 1. The molecule has 0 saturated carbocycles. The van der Waals surface area contributed by atoms with Gasteiger partial charge in [0.2, 0.25) is 0 Å². The molecule has 190 valence electrons. The summed E-state index contributed by atoms with van der Waals surface area (Å²) in [5.41, 5.74) is 1.27. The number of rotatable bonds is 6. The Morgan fingerprint density at radius 3 is 2.38 bits per heavy atom. The molecular formula is C27H24F2N4O3S. The monoisotopic (exact) mass is 524 g/mol. The number of carbonyl (C=O) groups excluding carboxylic acids is 1.